The first-order chi connectivity index (χ1) is 9.16. The number of benzene rings is 1. The van der Waals surface area contributed by atoms with E-state index in [2.05, 4.69) is 61.4 Å². The highest BCUT2D eigenvalue weighted by Crippen LogP contribution is 2.26. The SMILES string of the molecule is Cc1ccncc1NC(CC(C)C)c1ccccc1. The average Bonchev–Trinajstić information content (AvgIpc) is 2.41. The minimum absolute atomic E-state index is 0.337. The van der Waals surface area contributed by atoms with Crippen molar-refractivity contribution in [3.8, 4) is 0 Å². The third kappa shape index (κ3) is 3.82. The smallest absolute Gasteiger partial charge is 0.0561 e. The zero-order valence-corrected chi connectivity index (χ0v) is 11.9. The van der Waals surface area contributed by atoms with E-state index in [1.54, 1.807) is 0 Å². The maximum atomic E-state index is 4.21. The number of hydrogen-bond donors (Lipinski definition) is 1. The first kappa shape index (κ1) is 13.6. The first-order valence-corrected chi connectivity index (χ1v) is 6.89. The van der Waals surface area contributed by atoms with E-state index in [-0.39, 0.29) is 0 Å². The fraction of sp³-hybridized carbons (Fsp3) is 0.353. The van der Waals surface area contributed by atoms with E-state index in [1.807, 2.05) is 18.5 Å². The number of nitrogens with one attached hydrogen (secondary N) is 1. The van der Waals surface area contributed by atoms with Crippen molar-refractivity contribution in [3.05, 3.63) is 59.9 Å². The Bertz CT molecular complexity index is 506. The third-order valence-electron chi connectivity index (χ3n) is 3.28. The molecule has 1 heterocycles. The molecule has 1 atom stereocenters. The average molecular weight is 254 g/mol. The van der Waals surface area contributed by atoms with Crippen molar-refractivity contribution in [2.24, 2.45) is 5.92 Å². The van der Waals surface area contributed by atoms with E-state index in [0.29, 0.717) is 12.0 Å². The van der Waals surface area contributed by atoms with Gasteiger partial charge in [0, 0.05) is 6.20 Å². The van der Waals surface area contributed by atoms with Gasteiger partial charge >= 0.3 is 0 Å². The molecule has 2 rings (SSSR count). The van der Waals surface area contributed by atoms with Crippen LogP contribution in [0.4, 0.5) is 5.69 Å². The lowest BCUT2D eigenvalue weighted by molar-refractivity contribution is 0.530. The molecule has 1 aromatic carbocycles. The van der Waals surface area contributed by atoms with Crippen LogP contribution in [0.15, 0.2) is 48.8 Å². The largest absolute Gasteiger partial charge is 0.377 e. The number of nitrogens with zero attached hydrogens (tertiary/aromatic N) is 1. The summed E-state index contributed by atoms with van der Waals surface area (Å²) in [6.07, 6.45) is 4.85. The van der Waals surface area contributed by atoms with Crippen LogP contribution in [0.3, 0.4) is 0 Å². The van der Waals surface area contributed by atoms with E-state index < -0.39 is 0 Å². The molecule has 1 N–H and O–H groups in total. The van der Waals surface area contributed by atoms with Gasteiger partial charge in [-0.3, -0.25) is 4.98 Å². The number of pyridine rings is 1. The highest BCUT2D eigenvalue weighted by Gasteiger charge is 2.13. The molecule has 0 spiro atoms. The summed E-state index contributed by atoms with van der Waals surface area (Å²) in [4.78, 5) is 4.21. The van der Waals surface area contributed by atoms with Crippen molar-refractivity contribution in [2.75, 3.05) is 5.32 Å². The fourth-order valence-electron chi connectivity index (χ4n) is 2.24. The molecular formula is C17H22N2. The molecule has 0 fully saturated rings. The standard InChI is InChI=1S/C17H22N2/c1-13(2)11-16(15-7-5-4-6-8-15)19-17-12-18-10-9-14(17)3/h4-10,12-13,16,19H,11H2,1-3H3. The number of anilines is 1. The molecule has 0 saturated carbocycles. The highest BCUT2D eigenvalue weighted by atomic mass is 14.9. The van der Waals surface area contributed by atoms with Crippen LogP contribution in [0, 0.1) is 12.8 Å². The van der Waals surface area contributed by atoms with E-state index >= 15 is 0 Å². The zero-order valence-electron chi connectivity index (χ0n) is 11.9. The summed E-state index contributed by atoms with van der Waals surface area (Å²) in [5, 5.41) is 3.63. The van der Waals surface area contributed by atoms with Crippen LogP contribution in [0.1, 0.15) is 37.4 Å². The first-order valence-electron chi connectivity index (χ1n) is 6.89. The van der Waals surface area contributed by atoms with Crippen molar-refractivity contribution >= 4 is 5.69 Å². The Morgan fingerprint density at radius 3 is 2.47 bits per heavy atom. The lowest BCUT2D eigenvalue weighted by atomic mass is 9.96. The Kier molecular flexibility index (Phi) is 4.56. The molecule has 19 heavy (non-hydrogen) atoms. The van der Waals surface area contributed by atoms with Crippen LogP contribution in [-0.4, -0.2) is 4.98 Å². The van der Waals surface area contributed by atoms with Crippen LogP contribution >= 0.6 is 0 Å². The van der Waals surface area contributed by atoms with Gasteiger partial charge in [0.15, 0.2) is 0 Å². The second kappa shape index (κ2) is 6.37. The molecule has 0 radical (unpaired) electrons. The monoisotopic (exact) mass is 254 g/mol. The van der Waals surface area contributed by atoms with Crippen molar-refractivity contribution in [2.45, 2.75) is 33.2 Å². The van der Waals surface area contributed by atoms with Crippen LogP contribution < -0.4 is 5.32 Å². The van der Waals surface area contributed by atoms with Gasteiger partial charge in [0.25, 0.3) is 0 Å². The Morgan fingerprint density at radius 1 is 1.11 bits per heavy atom. The predicted molar refractivity (Wildman–Crippen MR) is 81.2 cm³/mol. The predicted octanol–water partition coefficient (Wildman–Crippen LogP) is 4.59. The van der Waals surface area contributed by atoms with Gasteiger partial charge in [-0.15, -0.1) is 0 Å². The second-order valence-corrected chi connectivity index (χ2v) is 5.43. The van der Waals surface area contributed by atoms with Crippen molar-refractivity contribution < 1.29 is 0 Å². The van der Waals surface area contributed by atoms with Gasteiger partial charge in [-0.1, -0.05) is 44.2 Å². The van der Waals surface area contributed by atoms with Crippen LogP contribution in [-0.2, 0) is 0 Å². The Morgan fingerprint density at radius 2 is 1.84 bits per heavy atom. The summed E-state index contributed by atoms with van der Waals surface area (Å²) in [6.45, 7) is 6.63. The van der Waals surface area contributed by atoms with Crippen molar-refractivity contribution in [1.82, 2.24) is 4.98 Å². The van der Waals surface area contributed by atoms with Gasteiger partial charge in [0.1, 0.15) is 0 Å². The minimum atomic E-state index is 0.337. The molecule has 2 aromatic rings. The molecule has 100 valence electrons. The summed E-state index contributed by atoms with van der Waals surface area (Å²) in [5.74, 6) is 0.648. The summed E-state index contributed by atoms with van der Waals surface area (Å²) in [5.41, 5.74) is 3.69. The number of aromatic nitrogens is 1. The summed E-state index contributed by atoms with van der Waals surface area (Å²) < 4.78 is 0. The number of rotatable bonds is 5. The van der Waals surface area contributed by atoms with Gasteiger partial charge in [-0.25, -0.2) is 0 Å². The molecular weight excluding hydrogens is 232 g/mol. The van der Waals surface area contributed by atoms with Gasteiger partial charge in [0.2, 0.25) is 0 Å². The maximum absolute atomic E-state index is 4.21. The molecule has 0 bridgehead atoms. The van der Waals surface area contributed by atoms with E-state index in [9.17, 15) is 0 Å². The Labute approximate surface area is 115 Å². The highest BCUT2D eigenvalue weighted by molar-refractivity contribution is 5.49. The number of aryl methyl sites for hydroxylation is 1. The topological polar surface area (TPSA) is 24.9 Å². The third-order valence-corrected chi connectivity index (χ3v) is 3.28. The number of hydrogen-bond acceptors (Lipinski definition) is 2. The lowest BCUT2D eigenvalue weighted by Crippen LogP contribution is -2.14. The molecule has 0 saturated heterocycles. The van der Waals surface area contributed by atoms with Crippen LogP contribution in [0.5, 0.6) is 0 Å². The van der Waals surface area contributed by atoms with E-state index in [1.165, 1.54) is 11.1 Å². The molecule has 1 unspecified atom stereocenters. The van der Waals surface area contributed by atoms with Gasteiger partial charge < -0.3 is 5.32 Å². The quantitative estimate of drug-likeness (QED) is 0.844. The van der Waals surface area contributed by atoms with Crippen LogP contribution in [0.25, 0.3) is 0 Å². The Balaban J connectivity index is 2.22. The van der Waals surface area contributed by atoms with Gasteiger partial charge in [0.05, 0.1) is 17.9 Å². The summed E-state index contributed by atoms with van der Waals surface area (Å²) in [7, 11) is 0. The molecule has 0 amide bonds. The Hall–Kier alpha value is -1.83. The maximum Gasteiger partial charge on any atom is 0.0561 e. The molecule has 1 aromatic heterocycles. The second-order valence-electron chi connectivity index (χ2n) is 5.43. The van der Waals surface area contributed by atoms with E-state index in [0.717, 1.165) is 12.1 Å². The normalized spacial score (nSPS) is 12.4. The van der Waals surface area contributed by atoms with Crippen molar-refractivity contribution in [1.29, 1.82) is 0 Å². The minimum Gasteiger partial charge on any atom is -0.377 e. The van der Waals surface area contributed by atoms with Crippen LogP contribution in [0.2, 0.25) is 0 Å². The van der Waals surface area contributed by atoms with Crippen molar-refractivity contribution in [3.63, 3.8) is 0 Å². The fourth-order valence-corrected chi connectivity index (χ4v) is 2.24. The van der Waals surface area contributed by atoms with E-state index in [4.69, 9.17) is 0 Å². The zero-order chi connectivity index (χ0) is 13.7. The van der Waals surface area contributed by atoms with Gasteiger partial charge in [-0.2, -0.15) is 0 Å². The molecule has 2 nitrogen and oxygen atoms in total. The van der Waals surface area contributed by atoms with Gasteiger partial charge in [-0.05, 0) is 36.5 Å². The summed E-state index contributed by atoms with van der Waals surface area (Å²) >= 11 is 0. The lowest BCUT2D eigenvalue weighted by Gasteiger charge is -2.23. The molecule has 0 aliphatic carbocycles. The molecule has 2 heteroatoms. The summed E-state index contributed by atoms with van der Waals surface area (Å²) in [6, 6.07) is 13.0. The molecule has 0 aliphatic rings. The molecule has 0 aliphatic heterocycles.